The van der Waals surface area contributed by atoms with Crippen molar-refractivity contribution in [2.24, 2.45) is 0 Å². The van der Waals surface area contributed by atoms with Gasteiger partial charge in [-0.3, -0.25) is 0 Å². The lowest BCUT2D eigenvalue weighted by Gasteiger charge is -2.21. The number of hydrogen-bond donors (Lipinski definition) is 0. The van der Waals surface area contributed by atoms with Gasteiger partial charge < -0.3 is 13.9 Å². The monoisotopic (exact) mass is 344 g/mol. The maximum Gasteiger partial charge on any atom is 0.267 e. The Bertz CT molecular complexity index is 950. The zero-order valence-electron chi connectivity index (χ0n) is 14.8. The fraction of sp³-hybridized carbons (Fsp3) is 0.130. The highest BCUT2D eigenvalue weighted by atomic mass is 16.7. The van der Waals surface area contributed by atoms with E-state index in [1.807, 2.05) is 72.8 Å². The third-order valence-electron chi connectivity index (χ3n) is 4.28. The van der Waals surface area contributed by atoms with E-state index in [9.17, 15) is 0 Å². The standard InChI is InChI=1S/C23H20O3/c1-16-3-8-20(9-4-16)25-23(26-21-10-5-17(2)6-11-21)19-7-12-22-18(15-19)13-14-24-22/h3-15,23H,1-2H3. The molecule has 26 heavy (non-hydrogen) atoms. The molecule has 0 aliphatic carbocycles. The fourth-order valence-corrected chi connectivity index (χ4v) is 2.77. The average Bonchev–Trinajstić information content (AvgIpc) is 3.12. The zero-order chi connectivity index (χ0) is 17.9. The van der Waals surface area contributed by atoms with Crippen LogP contribution in [0, 0.1) is 13.8 Å². The number of furan rings is 1. The normalized spacial score (nSPS) is 11.0. The summed E-state index contributed by atoms with van der Waals surface area (Å²) in [6, 6.07) is 23.8. The summed E-state index contributed by atoms with van der Waals surface area (Å²) >= 11 is 0. The quantitative estimate of drug-likeness (QED) is 0.404. The van der Waals surface area contributed by atoms with Crippen molar-refractivity contribution >= 4 is 11.0 Å². The molecule has 1 heterocycles. The molecule has 0 aliphatic heterocycles. The molecule has 0 N–H and O–H groups in total. The van der Waals surface area contributed by atoms with Crippen molar-refractivity contribution in [1.29, 1.82) is 0 Å². The third-order valence-corrected chi connectivity index (χ3v) is 4.28. The lowest BCUT2D eigenvalue weighted by molar-refractivity contribution is 0.00389. The van der Waals surface area contributed by atoms with Crippen LogP contribution in [0.2, 0.25) is 0 Å². The molecule has 0 bridgehead atoms. The first-order valence-corrected chi connectivity index (χ1v) is 8.61. The Morgan fingerprint density at radius 1 is 0.692 bits per heavy atom. The number of hydrogen-bond acceptors (Lipinski definition) is 3. The summed E-state index contributed by atoms with van der Waals surface area (Å²) < 4.78 is 17.8. The van der Waals surface area contributed by atoms with Crippen molar-refractivity contribution in [2.45, 2.75) is 20.1 Å². The van der Waals surface area contributed by atoms with Crippen molar-refractivity contribution in [3.8, 4) is 11.5 Å². The number of fused-ring (bicyclic) bond motifs is 1. The predicted molar refractivity (Wildman–Crippen MR) is 103 cm³/mol. The first-order chi connectivity index (χ1) is 12.7. The van der Waals surface area contributed by atoms with Gasteiger partial charge in [0.25, 0.3) is 6.29 Å². The van der Waals surface area contributed by atoms with E-state index in [1.165, 1.54) is 11.1 Å². The highest BCUT2D eigenvalue weighted by Crippen LogP contribution is 2.28. The van der Waals surface area contributed by atoms with Crippen LogP contribution in [-0.4, -0.2) is 0 Å². The second-order valence-corrected chi connectivity index (χ2v) is 6.41. The van der Waals surface area contributed by atoms with Crippen LogP contribution >= 0.6 is 0 Å². The SMILES string of the molecule is Cc1ccc(OC(Oc2ccc(C)cc2)c2ccc3occc3c2)cc1. The van der Waals surface area contributed by atoms with Crippen LogP contribution in [0.25, 0.3) is 11.0 Å². The molecule has 0 fully saturated rings. The molecule has 3 nitrogen and oxygen atoms in total. The average molecular weight is 344 g/mol. The first-order valence-electron chi connectivity index (χ1n) is 8.61. The summed E-state index contributed by atoms with van der Waals surface area (Å²) in [4.78, 5) is 0. The van der Waals surface area contributed by atoms with E-state index >= 15 is 0 Å². The summed E-state index contributed by atoms with van der Waals surface area (Å²) in [5.41, 5.74) is 4.15. The number of rotatable bonds is 5. The second kappa shape index (κ2) is 6.96. The van der Waals surface area contributed by atoms with Gasteiger partial charge in [0.2, 0.25) is 0 Å². The van der Waals surface area contributed by atoms with Crippen LogP contribution < -0.4 is 9.47 Å². The van der Waals surface area contributed by atoms with E-state index in [2.05, 4.69) is 13.8 Å². The van der Waals surface area contributed by atoms with E-state index in [4.69, 9.17) is 13.9 Å². The fourth-order valence-electron chi connectivity index (χ4n) is 2.77. The molecule has 0 amide bonds. The van der Waals surface area contributed by atoms with Crippen molar-refractivity contribution in [3.63, 3.8) is 0 Å². The van der Waals surface area contributed by atoms with Crippen molar-refractivity contribution < 1.29 is 13.9 Å². The van der Waals surface area contributed by atoms with Gasteiger partial charge in [-0.1, -0.05) is 35.4 Å². The van der Waals surface area contributed by atoms with E-state index in [-0.39, 0.29) is 0 Å². The van der Waals surface area contributed by atoms with Gasteiger partial charge in [-0.15, -0.1) is 0 Å². The van der Waals surface area contributed by atoms with Crippen LogP contribution in [0.5, 0.6) is 11.5 Å². The molecule has 0 atom stereocenters. The molecule has 4 aromatic rings. The van der Waals surface area contributed by atoms with Gasteiger partial charge in [-0.2, -0.15) is 0 Å². The Morgan fingerprint density at radius 3 is 1.85 bits per heavy atom. The van der Waals surface area contributed by atoms with Crippen LogP contribution in [0.1, 0.15) is 23.0 Å². The van der Waals surface area contributed by atoms with Gasteiger partial charge in [0.05, 0.1) is 6.26 Å². The van der Waals surface area contributed by atoms with Crippen LogP contribution in [0.15, 0.2) is 83.5 Å². The zero-order valence-corrected chi connectivity index (χ0v) is 14.8. The van der Waals surface area contributed by atoms with Crippen molar-refractivity contribution in [3.05, 3.63) is 95.7 Å². The lowest BCUT2D eigenvalue weighted by atomic mass is 10.1. The summed E-state index contributed by atoms with van der Waals surface area (Å²) in [6.07, 6.45) is 1.13. The smallest absolute Gasteiger partial charge is 0.267 e. The molecule has 0 saturated carbocycles. The predicted octanol–water partition coefficient (Wildman–Crippen LogP) is 6.21. The molecule has 4 rings (SSSR count). The lowest BCUT2D eigenvalue weighted by Crippen LogP contribution is -2.15. The largest absolute Gasteiger partial charge is 0.464 e. The third kappa shape index (κ3) is 3.57. The van der Waals surface area contributed by atoms with E-state index < -0.39 is 6.29 Å². The van der Waals surface area contributed by atoms with Gasteiger partial charge in [-0.05, 0) is 62.4 Å². The second-order valence-electron chi connectivity index (χ2n) is 6.41. The van der Waals surface area contributed by atoms with Crippen LogP contribution in [0.3, 0.4) is 0 Å². The maximum atomic E-state index is 6.16. The molecule has 3 heteroatoms. The number of aryl methyl sites for hydroxylation is 2. The number of benzene rings is 3. The Balaban J connectivity index is 1.67. The minimum absolute atomic E-state index is 0.556. The van der Waals surface area contributed by atoms with Gasteiger partial charge in [0.1, 0.15) is 17.1 Å². The Labute approximate surface area is 152 Å². The summed E-state index contributed by atoms with van der Waals surface area (Å²) in [5, 5.41) is 1.02. The summed E-state index contributed by atoms with van der Waals surface area (Å²) in [7, 11) is 0. The van der Waals surface area contributed by atoms with E-state index in [1.54, 1.807) is 6.26 Å². The molecular weight excluding hydrogens is 324 g/mol. The topological polar surface area (TPSA) is 31.6 Å². The highest BCUT2D eigenvalue weighted by molar-refractivity contribution is 5.77. The van der Waals surface area contributed by atoms with Crippen LogP contribution in [-0.2, 0) is 0 Å². The molecule has 0 spiro atoms. The first kappa shape index (κ1) is 16.3. The highest BCUT2D eigenvalue weighted by Gasteiger charge is 2.17. The van der Waals surface area contributed by atoms with Gasteiger partial charge in [-0.25, -0.2) is 0 Å². The molecule has 0 radical (unpaired) electrons. The molecule has 1 aromatic heterocycles. The minimum atomic E-state index is -0.556. The summed E-state index contributed by atoms with van der Waals surface area (Å²) in [6.45, 7) is 4.10. The molecule has 130 valence electrons. The Hall–Kier alpha value is -3.20. The van der Waals surface area contributed by atoms with Gasteiger partial charge in [0, 0.05) is 10.9 Å². The Morgan fingerprint density at radius 2 is 1.27 bits per heavy atom. The molecule has 3 aromatic carbocycles. The van der Waals surface area contributed by atoms with Gasteiger partial charge >= 0.3 is 0 Å². The van der Waals surface area contributed by atoms with Crippen molar-refractivity contribution in [1.82, 2.24) is 0 Å². The summed E-state index contributed by atoms with van der Waals surface area (Å²) in [5.74, 6) is 1.53. The van der Waals surface area contributed by atoms with E-state index in [0.717, 1.165) is 28.0 Å². The molecule has 0 saturated heterocycles. The van der Waals surface area contributed by atoms with E-state index in [0.29, 0.717) is 0 Å². The number of ether oxygens (including phenoxy) is 2. The minimum Gasteiger partial charge on any atom is -0.464 e. The van der Waals surface area contributed by atoms with Crippen LogP contribution in [0.4, 0.5) is 0 Å². The molecule has 0 aliphatic rings. The van der Waals surface area contributed by atoms with Gasteiger partial charge in [0.15, 0.2) is 0 Å². The molecular formula is C23H20O3. The maximum absolute atomic E-state index is 6.16. The van der Waals surface area contributed by atoms with Crippen molar-refractivity contribution in [2.75, 3.05) is 0 Å². The molecule has 0 unspecified atom stereocenters. The Kier molecular flexibility index (Phi) is 4.36.